The highest BCUT2D eigenvalue weighted by molar-refractivity contribution is 6.31. The monoisotopic (exact) mass is 226 g/mol. The highest BCUT2D eigenvalue weighted by Crippen LogP contribution is 2.25. The Hall–Kier alpha value is -1.75. The van der Waals surface area contributed by atoms with Crippen molar-refractivity contribution < 1.29 is 14.4 Å². The molecule has 0 radical (unpaired) electrons. The van der Waals surface area contributed by atoms with Crippen LogP contribution in [0.2, 0.25) is 5.02 Å². The number of carbonyl (C=O) groups is 1. The Morgan fingerprint density at radius 3 is 3.13 bits per heavy atom. The summed E-state index contributed by atoms with van der Waals surface area (Å²) in [6, 6.07) is 5.02. The van der Waals surface area contributed by atoms with Crippen LogP contribution in [0.15, 0.2) is 22.7 Å². The first kappa shape index (κ1) is 9.79. The van der Waals surface area contributed by atoms with E-state index in [2.05, 4.69) is 10.5 Å². The smallest absolute Gasteiger partial charge is 0.322 e. The number of hydrogen-bond donors (Lipinski definition) is 2. The maximum Gasteiger partial charge on any atom is 0.322 e. The van der Waals surface area contributed by atoms with Crippen molar-refractivity contribution in [3.8, 4) is 0 Å². The molecule has 0 unspecified atom stereocenters. The van der Waals surface area contributed by atoms with Crippen LogP contribution in [0.3, 0.4) is 0 Å². The topological polar surface area (TPSA) is 75.4 Å². The van der Waals surface area contributed by atoms with Crippen molar-refractivity contribution in [2.45, 2.75) is 0 Å². The van der Waals surface area contributed by atoms with Crippen molar-refractivity contribution in [1.29, 1.82) is 0 Å². The second-order valence-corrected chi connectivity index (χ2v) is 3.36. The summed E-state index contributed by atoms with van der Waals surface area (Å²) in [6.07, 6.45) is 0. The molecule has 0 amide bonds. The van der Waals surface area contributed by atoms with Crippen molar-refractivity contribution in [1.82, 2.24) is 5.16 Å². The van der Waals surface area contributed by atoms with Crippen LogP contribution in [0.25, 0.3) is 11.0 Å². The van der Waals surface area contributed by atoms with Gasteiger partial charge in [0.25, 0.3) is 0 Å². The molecule has 0 aliphatic heterocycles. The Morgan fingerprint density at radius 2 is 2.40 bits per heavy atom. The number of fused-ring (bicyclic) bond motifs is 1. The van der Waals surface area contributed by atoms with Gasteiger partial charge >= 0.3 is 5.97 Å². The summed E-state index contributed by atoms with van der Waals surface area (Å²) in [5.74, 6) is -0.580. The number of aromatic nitrogens is 1. The SMILES string of the molecule is O=C(O)CNc1noc2ccc(Cl)cc12. The lowest BCUT2D eigenvalue weighted by atomic mass is 10.2. The van der Waals surface area contributed by atoms with Gasteiger partial charge in [-0.3, -0.25) is 4.79 Å². The molecule has 0 aliphatic carbocycles. The standard InChI is InChI=1S/C9H7ClN2O3/c10-5-1-2-7-6(3-5)9(12-15-7)11-4-8(13)14/h1-3H,4H2,(H,11,12)(H,13,14). The molecule has 0 bridgehead atoms. The largest absolute Gasteiger partial charge is 0.480 e. The van der Waals surface area contributed by atoms with Crippen LogP contribution in [0, 0.1) is 0 Å². The fraction of sp³-hybridized carbons (Fsp3) is 0.111. The van der Waals surface area contributed by atoms with E-state index >= 15 is 0 Å². The lowest BCUT2D eigenvalue weighted by molar-refractivity contribution is -0.134. The van der Waals surface area contributed by atoms with Crippen LogP contribution in [0.1, 0.15) is 0 Å². The van der Waals surface area contributed by atoms with E-state index in [1.165, 1.54) is 0 Å². The number of rotatable bonds is 3. The molecule has 2 rings (SSSR count). The zero-order valence-corrected chi connectivity index (χ0v) is 8.28. The molecular formula is C9H7ClN2O3. The van der Waals surface area contributed by atoms with E-state index in [4.69, 9.17) is 21.2 Å². The molecule has 15 heavy (non-hydrogen) atoms. The Labute approximate surface area is 89.6 Å². The van der Waals surface area contributed by atoms with E-state index in [0.717, 1.165) is 0 Å². The number of anilines is 1. The van der Waals surface area contributed by atoms with E-state index in [0.29, 0.717) is 21.8 Å². The predicted octanol–water partition coefficient (Wildman–Crippen LogP) is 1.98. The molecule has 2 N–H and O–H groups in total. The zero-order chi connectivity index (χ0) is 10.8. The Bertz CT molecular complexity index is 509. The van der Waals surface area contributed by atoms with Crippen LogP contribution in [0.4, 0.5) is 5.82 Å². The van der Waals surface area contributed by atoms with E-state index < -0.39 is 5.97 Å². The molecule has 0 atom stereocenters. The van der Waals surface area contributed by atoms with Gasteiger partial charge < -0.3 is 14.9 Å². The number of aliphatic carboxylic acids is 1. The summed E-state index contributed by atoms with van der Waals surface area (Å²) in [4.78, 5) is 10.4. The fourth-order valence-electron chi connectivity index (χ4n) is 1.20. The molecule has 1 aromatic heterocycles. The maximum absolute atomic E-state index is 10.4. The maximum atomic E-state index is 10.4. The van der Waals surface area contributed by atoms with E-state index in [1.54, 1.807) is 18.2 Å². The van der Waals surface area contributed by atoms with Gasteiger partial charge in [0.1, 0.15) is 6.54 Å². The van der Waals surface area contributed by atoms with Crippen LogP contribution < -0.4 is 5.32 Å². The summed E-state index contributed by atoms with van der Waals surface area (Å²) in [5, 5.41) is 16.0. The minimum atomic E-state index is -0.965. The summed E-state index contributed by atoms with van der Waals surface area (Å²) in [6.45, 7) is -0.214. The molecule has 6 heteroatoms. The van der Waals surface area contributed by atoms with Crippen molar-refractivity contribution in [2.24, 2.45) is 0 Å². The normalized spacial score (nSPS) is 10.5. The lowest BCUT2D eigenvalue weighted by Crippen LogP contribution is -2.12. The summed E-state index contributed by atoms with van der Waals surface area (Å²) >= 11 is 5.80. The first-order chi connectivity index (χ1) is 7.16. The summed E-state index contributed by atoms with van der Waals surface area (Å²) in [7, 11) is 0. The van der Waals surface area contributed by atoms with Crippen LogP contribution in [-0.2, 0) is 4.79 Å². The Morgan fingerprint density at radius 1 is 1.60 bits per heavy atom. The quantitative estimate of drug-likeness (QED) is 0.837. The number of hydrogen-bond acceptors (Lipinski definition) is 4. The minimum absolute atomic E-state index is 0.214. The van der Waals surface area contributed by atoms with Crippen LogP contribution in [0.5, 0.6) is 0 Å². The molecule has 0 aliphatic rings. The van der Waals surface area contributed by atoms with Gasteiger partial charge in [-0.25, -0.2) is 0 Å². The van der Waals surface area contributed by atoms with Crippen molar-refractivity contribution in [2.75, 3.05) is 11.9 Å². The third-order valence-corrected chi connectivity index (χ3v) is 2.07. The molecule has 0 saturated carbocycles. The highest BCUT2D eigenvalue weighted by Gasteiger charge is 2.08. The second kappa shape index (κ2) is 3.78. The molecule has 1 heterocycles. The van der Waals surface area contributed by atoms with Gasteiger partial charge in [0.2, 0.25) is 0 Å². The van der Waals surface area contributed by atoms with Crippen molar-refractivity contribution >= 4 is 34.4 Å². The van der Waals surface area contributed by atoms with Gasteiger partial charge in [0, 0.05) is 5.02 Å². The Balaban J connectivity index is 2.35. The van der Waals surface area contributed by atoms with Gasteiger partial charge in [-0.2, -0.15) is 0 Å². The van der Waals surface area contributed by atoms with Crippen LogP contribution in [-0.4, -0.2) is 22.8 Å². The van der Waals surface area contributed by atoms with E-state index in [9.17, 15) is 4.79 Å². The van der Waals surface area contributed by atoms with Gasteiger partial charge in [-0.05, 0) is 18.2 Å². The molecule has 0 fully saturated rings. The number of benzene rings is 1. The van der Waals surface area contributed by atoms with Gasteiger partial charge in [0.05, 0.1) is 5.39 Å². The zero-order valence-electron chi connectivity index (χ0n) is 7.53. The average molecular weight is 227 g/mol. The van der Waals surface area contributed by atoms with Gasteiger partial charge in [-0.1, -0.05) is 16.8 Å². The minimum Gasteiger partial charge on any atom is -0.480 e. The third-order valence-electron chi connectivity index (χ3n) is 1.84. The molecule has 78 valence electrons. The van der Waals surface area contributed by atoms with E-state index in [1.807, 2.05) is 0 Å². The number of nitrogens with one attached hydrogen (secondary N) is 1. The fourth-order valence-corrected chi connectivity index (χ4v) is 1.37. The second-order valence-electron chi connectivity index (χ2n) is 2.92. The third kappa shape index (κ3) is 2.02. The molecule has 2 aromatic rings. The first-order valence-corrected chi connectivity index (χ1v) is 4.55. The van der Waals surface area contributed by atoms with Gasteiger partial charge in [-0.15, -0.1) is 0 Å². The van der Waals surface area contributed by atoms with Crippen molar-refractivity contribution in [3.63, 3.8) is 0 Å². The lowest BCUT2D eigenvalue weighted by Gasteiger charge is -1.97. The van der Waals surface area contributed by atoms with Crippen molar-refractivity contribution in [3.05, 3.63) is 23.2 Å². The number of nitrogens with zero attached hydrogens (tertiary/aromatic N) is 1. The summed E-state index contributed by atoms with van der Waals surface area (Å²) in [5.41, 5.74) is 0.562. The first-order valence-electron chi connectivity index (χ1n) is 4.17. The molecule has 5 nitrogen and oxygen atoms in total. The number of carboxylic acids is 1. The summed E-state index contributed by atoms with van der Waals surface area (Å²) < 4.78 is 4.97. The number of halogens is 1. The van der Waals surface area contributed by atoms with Crippen LogP contribution >= 0.6 is 11.6 Å². The highest BCUT2D eigenvalue weighted by atomic mass is 35.5. The predicted molar refractivity (Wildman–Crippen MR) is 55.1 cm³/mol. The molecule has 1 aromatic carbocycles. The molecular weight excluding hydrogens is 220 g/mol. The van der Waals surface area contributed by atoms with E-state index in [-0.39, 0.29) is 6.54 Å². The average Bonchev–Trinajstić information content (AvgIpc) is 2.57. The molecule has 0 spiro atoms. The molecule has 0 saturated heterocycles. The number of carboxylic acid groups (broad SMARTS) is 1. The Kier molecular flexibility index (Phi) is 2.47. The van der Waals surface area contributed by atoms with Gasteiger partial charge in [0.15, 0.2) is 11.4 Å².